The molecule has 2 N–H and O–H groups in total. The Morgan fingerprint density at radius 2 is 2.11 bits per heavy atom. The van der Waals surface area contributed by atoms with Gasteiger partial charge in [0, 0.05) is 48.5 Å². The highest BCUT2D eigenvalue weighted by molar-refractivity contribution is 7.15. The number of halogens is 1. The van der Waals surface area contributed by atoms with Crippen LogP contribution in [0.15, 0.2) is 54.9 Å². The van der Waals surface area contributed by atoms with E-state index >= 15 is 0 Å². The summed E-state index contributed by atoms with van der Waals surface area (Å²) in [4.78, 5) is 23.0. The molecule has 0 spiro atoms. The number of carbonyl (C=O) groups is 1. The Balaban J connectivity index is 1.43. The van der Waals surface area contributed by atoms with Crippen LogP contribution >= 0.6 is 22.9 Å². The van der Waals surface area contributed by atoms with Crippen molar-refractivity contribution in [3.63, 3.8) is 0 Å². The molecule has 3 aromatic heterocycles. The van der Waals surface area contributed by atoms with Crippen LogP contribution in [0, 0.1) is 0 Å². The van der Waals surface area contributed by atoms with Gasteiger partial charge in [0.2, 0.25) is 5.91 Å². The molecule has 1 aromatic carbocycles. The van der Waals surface area contributed by atoms with Crippen LogP contribution in [0.1, 0.15) is 35.5 Å². The van der Waals surface area contributed by atoms with Crippen molar-refractivity contribution in [3.05, 3.63) is 75.9 Å². The zero-order chi connectivity index (χ0) is 26.1. The highest BCUT2D eigenvalue weighted by atomic mass is 35.5. The highest BCUT2D eigenvalue weighted by Gasteiger charge is 2.24. The monoisotopic (exact) mass is 537 g/mol. The third kappa shape index (κ3) is 5.67. The average Bonchev–Trinajstić information content (AvgIpc) is 3.58. The molecule has 2 atom stereocenters. The zero-order valence-corrected chi connectivity index (χ0v) is 22.9. The van der Waals surface area contributed by atoms with E-state index in [0.717, 1.165) is 46.3 Å². The number of imidazole rings is 1. The molecule has 1 fully saturated rings. The van der Waals surface area contributed by atoms with Gasteiger partial charge in [-0.15, -0.1) is 11.3 Å². The van der Waals surface area contributed by atoms with Gasteiger partial charge < -0.3 is 15.4 Å². The number of carbonyl (C=O) groups excluding carboxylic acids is 1. The summed E-state index contributed by atoms with van der Waals surface area (Å²) in [5.41, 5.74) is 9.53. The van der Waals surface area contributed by atoms with Crippen LogP contribution < -0.4 is 10.5 Å². The SMILES string of the molecule is C[C@@H](Oc1cc(-c2cnc3ccc(CN4CC[C@@H](N(C)C)C4)cn23)sc1CC(N)=O)c1ccccc1Cl. The van der Waals surface area contributed by atoms with Crippen LogP contribution in [0.2, 0.25) is 5.02 Å². The van der Waals surface area contributed by atoms with Crippen LogP contribution in [0.25, 0.3) is 16.2 Å². The lowest BCUT2D eigenvalue weighted by molar-refractivity contribution is -0.117. The molecule has 0 unspecified atom stereocenters. The zero-order valence-electron chi connectivity index (χ0n) is 21.4. The van der Waals surface area contributed by atoms with Gasteiger partial charge in [0.15, 0.2) is 0 Å². The Morgan fingerprint density at radius 3 is 2.84 bits per heavy atom. The number of primary amides is 1. The summed E-state index contributed by atoms with van der Waals surface area (Å²) in [7, 11) is 4.30. The van der Waals surface area contributed by atoms with Crippen LogP contribution in [0.5, 0.6) is 5.75 Å². The van der Waals surface area contributed by atoms with Gasteiger partial charge in [0.05, 0.1) is 28.1 Å². The number of likely N-dealkylation sites (N-methyl/N-ethyl adjacent to an activating group) is 1. The fourth-order valence-electron chi connectivity index (χ4n) is 4.91. The molecule has 0 bridgehead atoms. The fraction of sp³-hybridized carbons (Fsp3) is 0.357. The third-order valence-electron chi connectivity index (χ3n) is 6.96. The molecular weight excluding hydrogens is 506 g/mol. The van der Waals surface area contributed by atoms with Gasteiger partial charge >= 0.3 is 0 Å². The second-order valence-corrected chi connectivity index (χ2v) is 11.4. The van der Waals surface area contributed by atoms with Crippen LogP contribution in [0.3, 0.4) is 0 Å². The maximum atomic E-state index is 11.8. The van der Waals surface area contributed by atoms with Crippen LogP contribution in [0.4, 0.5) is 0 Å². The summed E-state index contributed by atoms with van der Waals surface area (Å²) in [6.45, 7) is 5.03. The van der Waals surface area contributed by atoms with E-state index in [1.54, 1.807) is 0 Å². The molecule has 1 saturated heterocycles. The molecule has 1 aliphatic rings. The van der Waals surface area contributed by atoms with E-state index in [0.29, 0.717) is 16.8 Å². The van der Waals surface area contributed by atoms with Gasteiger partial charge in [0.25, 0.3) is 0 Å². The molecule has 7 nitrogen and oxygen atoms in total. The number of ether oxygens (including phenoxy) is 1. The summed E-state index contributed by atoms with van der Waals surface area (Å²) >= 11 is 7.90. The average molecular weight is 538 g/mol. The van der Waals surface area contributed by atoms with Gasteiger partial charge in [0.1, 0.15) is 17.5 Å². The van der Waals surface area contributed by atoms with E-state index in [9.17, 15) is 4.79 Å². The van der Waals surface area contributed by atoms with Crippen molar-refractivity contribution in [3.8, 4) is 16.3 Å². The number of nitrogens with zero attached hydrogens (tertiary/aromatic N) is 4. The summed E-state index contributed by atoms with van der Waals surface area (Å²) < 4.78 is 8.44. The smallest absolute Gasteiger partial charge is 0.222 e. The lowest BCUT2D eigenvalue weighted by Gasteiger charge is -2.20. The number of benzene rings is 1. The Hall–Kier alpha value is -2.91. The number of hydrogen-bond acceptors (Lipinski definition) is 6. The predicted molar refractivity (Wildman–Crippen MR) is 149 cm³/mol. The molecule has 0 aliphatic carbocycles. The second-order valence-electron chi connectivity index (χ2n) is 9.87. The number of fused-ring (bicyclic) bond motifs is 1. The number of likely N-dealkylation sites (tertiary alicyclic amines) is 1. The molecular formula is C28H32ClN5O2S. The summed E-state index contributed by atoms with van der Waals surface area (Å²) in [6, 6.07) is 14.4. The topological polar surface area (TPSA) is 76.1 Å². The molecule has 4 aromatic rings. The van der Waals surface area contributed by atoms with Crippen molar-refractivity contribution in [2.75, 3.05) is 27.2 Å². The molecule has 194 valence electrons. The molecule has 0 radical (unpaired) electrons. The van der Waals surface area contributed by atoms with E-state index in [1.807, 2.05) is 43.5 Å². The van der Waals surface area contributed by atoms with Crippen LogP contribution in [-0.2, 0) is 17.8 Å². The van der Waals surface area contributed by atoms with Gasteiger partial charge in [-0.2, -0.15) is 0 Å². The maximum Gasteiger partial charge on any atom is 0.222 e. The Kier molecular flexibility index (Phi) is 7.53. The van der Waals surface area contributed by atoms with E-state index in [2.05, 4.69) is 51.6 Å². The predicted octanol–water partition coefficient (Wildman–Crippen LogP) is 5.02. The summed E-state index contributed by atoms with van der Waals surface area (Å²) in [5, 5.41) is 0.645. The number of thiophene rings is 1. The van der Waals surface area contributed by atoms with Crippen molar-refractivity contribution in [1.29, 1.82) is 0 Å². The van der Waals surface area contributed by atoms with Gasteiger partial charge in [-0.25, -0.2) is 4.98 Å². The maximum absolute atomic E-state index is 11.8. The number of aromatic nitrogens is 2. The minimum Gasteiger partial charge on any atom is -0.485 e. The van der Waals surface area contributed by atoms with Gasteiger partial charge in [-0.1, -0.05) is 35.9 Å². The minimum atomic E-state index is -0.397. The molecule has 37 heavy (non-hydrogen) atoms. The van der Waals surface area contributed by atoms with Crippen LogP contribution in [-0.4, -0.2) is 58.3 Å². The third-order valence-corrected chi connectivity index (χ3v) is 8.44. The van der Waals surface area contributed by atoms with E-state index < -0.39 is 5.91 Å². The number of amides is 1. The lowest BCUT2D eigenvalue weighted by atomic mass is 10.1. The Bertz CT molecular complexity index is 1410. The number of pyridine rings is 1. The van der Waals surface area contributed by atoms with Crippen molar-refractivity contribution in [2.24, 2.45) is 5.73 Å². The first kappa shape index (κ1) is 25.7. The van der Waals surface area contributed by atoms with E-state index in [4.69, 9.17) is 22.1 Å². The molecule has 9 heteroatoms. The number of rotatable bonds is 9. The number of hydrogen-bond donors (Lipinski definition) is 1. The quantitative estimate of drug-likeness (QED) is 0.324. The van der Waals surface area contributed by atoms with Gasteiger partial charge in [-0.3, -0.25) is 14.1 Å². The minimum absolute atomic E-state index is 0.110. The van der Waals surface area contributed by atoms with Crippen molar-refractivity contribution in [1.82, 2.24) is 19.2 Å². The number of nitrogens with two attached hydrogens (primary N) is 1. The molecule has 5 rings (SSSR count). The molecule has 4 heterocycles. The fourth-order valence-corrected chi connectivity index (χ4v) is 6.31. The van der Waals surface area contributed by atoms with Crippen molar-refractivity contribution < 1.29 is 9.53 Å². The van der Waals surface area contributed by atoms with E-state index in [-0.39, 0.29) is 12.5 Å². The molecule has 1 amide bonds. The summed E-state index contributed by atoms with van der Waals surface area (Å²) in [5.74, 6) is 0.245. The van der Waals surface area contributed by atoms with Crippen molar-refractivity contribution >= 4 is 34.5 Å². The van der Waals surface area contributed by atoms with Gasteiger partial charge in [-0.05, 0) is 45.1 Å². The van der Waals surface area contributed by atoms with Crippen molar-refractivity contribution in [2.45, 2.75) is 38.5 Å². The largest absolute Gasteiger partial charge is 0.485 e. The molecule has 0 saturated carbocycles. The standard InChI is InChI=1S/C28H32ClN5O2S/c1-18(21-6-4-5-7-22(21)29)36-24-12-25(37-26(24)13-27(30)35)23-14-31-28-9-8-19(16-34(23)28)15-33-11-10-20(17-33)32(2)3/h4-9,12,14,16,18,20H,10-11,13,15,17H2,1-3H3,(H2,30,35)/t18-,20-/m1/s1. The Morgan fingerprint density at radius 1 is 1.30 bits per heavy atom. The normalized spacial score (nSPS) is 17.1. The lowest BCUT2D eigenvalue weighted by Crippen LogP contribution is -2.31. The molecule has 1 aliphatic heterocycles. The first-order valence-corrected chi connectivity index (χ1v) is 13.6. The first-order chi connectivity index (χ1) is 17.8. The Labute approximate surface area is 226 Å². The second kappa shape index (κ2) is 10.8. The first-order valence-electron chi connectivity index (χ1n) is 12.5. The van der Waals surface area contributed by atoms with E-state index in [1.165, 1.54) is 23.3 Å². The summed E-state index contributed by atoms with van der Waals surface area (Å²) in [6.07, 6.45) is 5.06. The highest BCUT2D eigenvalue weighted by Crippen LogP contribution is 2.39.